The van der Waals surface area contributed by atoms with Gasteiger partial charge in [-0.15, -0.1) is 5.10 Å². The van der Waals surface area contributed by atoms with Gasteiger partial charge in [0.25, 0.3) is 0 Å². The molecule has 26 heavy (non-hydrogen) atoms. The second kappa shape index (κ2) is 5.99. The number of benzene rings is 2. The first kappa shape index (κ1) is 15.8. The fraction of sp³-hybridized carbons (Fsp3) is 0.111. The van der Waals surface area contributed by atoms with Crippen LogP contribution in [-0.2, 0) is 4.74 Å². The van der Waals surface area contributed by atoms with Crippen LogP contribution in [0.4, 0.5) is 0 Å². The maximum absolute atomic E-state index is 11.8. The van der Waals surface area contributed by atoms with Crippen molar-refractivity contribution in [3.8, 4) is 5.69 Å². The van der Waals surface area contributed by atoms with Gasteiger partial charge < -0.3 is 14.8 Å². The fourth-order valence-corrected chi connectivity index (χ4v) is 2.94. The lowest BCUT2D eigenvalue weighted by Crippen LogP contribution is -2.04. The molecule has 0 aliphatic rings. The molecule has 0 bridgehead atoms. The molecule has 2 heterocycles. The SMILES string of the molecule is CCOC(=O)c1cn(-c2cccc3ccc4cc(C(=O)O)[nH]c4c23)nn1. The molecular formula is C18H14N4O4. The molecule has 0 aliphatic carbocycles. The van der Waals surface area contributed by atoms with E-state index in [0.717, 1.165) is 16.2 Å². The Morgan fingerprint density at radius 2 is 2.04 bits per heavy atom. The van der Waals surface area contributed by atoms with Crippen LogP contribution in [0.2, 0.25) is 0 Å². The number of hydrogen-bond acceptors (Lipinski definition) is 5. The summed E-state index contributed by atoms with van der Waals surface area (Å²) in [5.41, 5.74) is 1.57. The number of aromatic amines is 1. The van der Waals surface area contributed by atoms with Crippen molar-refractivity contribution < 1.29 is 19.4 Å². The number of aromatic nitrogens is 4. The van der Waals surface area contributed by atoms with Crippen LogP contribution in [0.5, 0.6) is 0 Å². The summed E-state index contributed by atoms with van der Waals surface area (Å²) in [5, 5.41) is 19.6. The van der Waals surface area contributed by atoms with Gasteiger partial charge in [-0.05, 0) is 24.4 Å². The van der Waals surface area contributed by atoms with Gasteiger partial charge in [0.15, 0.2) is 5.69 Å². The van der Waals surface area contributed by atoms with Crippen molar-refractivity contribution in [2.24, 2.45) is 0 Å². The molecule has 0 amide bonds. The molecule has 8 heteroatoms. The Kier molecular flexibility index (Phi) is 3.65. The van der Waals surface area contributed by atoms with Gasteiger partial charge in [0.2, 0.25) is 0 Å². The smallest absolute Gasteiger partial charge is 0.360 e. The molecule has 0 saturated carbocycles. The molecule has 0 atom stereocenters. The highest BCUT2D eigenvalue weighted by atomic mass is 16.5. The van der Waals surface area contributed by atoms with Gasteiger partial charge in [0.05, 0.1) is 24.0 Å². The molecule has 0 fully saturated rings. The number of nitrogens with zero attached hydrogens (tertiary/aromatic N) is 3. The number of carboxylic acid groups (broad SMARTS) is 1. The van der Waals surface area contributed by atoms with Gasteiger partial charge >= 0.3 is 11.9 Å². The van der Waals surface area contributed by atoms with E-state index in [1.165, 1.54) is 10.9 Å². The van der Waals surface area contributed by atoms with Crippen LogP contribution in [-0.4, -0.2) is 43.6 Å². The van der Waals surface area contributed by atoms with Crippen molar-refractivity contribution in [1.82, 2.24) is 20.0 Å². The fourth-order valence-electron chi connectivity index (χ4n) is 2.94. The van der Waals surface area contributed by atoms with E-state index in [2.05, 4.69) is 15.3 Å². The van der Waals surface area contributed by atoms with Crippen molar-refractivity contribution in [2.45, 2.75) is 6.92 Å². The Morgan fingerprint density at radius 3 is 2.81 bits per heavy atom. The second-order valence-corrected chi connectivity index (χ2v) is 5.66. The topological polar surface area (TPSA) is 110 Å². The summed E-state index contributed by atoms with van der Waals surface area (Å²) in [6, 6.07) is 10.9. The number of fused-ring (bicyclic) bond motifs is 3. The number of esters is 1. The number of carboxylic acids is 1. The third-order valence-corrected chi connectivity index (χ3v) is 4.07. The maximum Gasteiger partial charge on any atom is 0.360 e. The normalized spacial score (nSPS) is 11.1. The van der Waals surface area contributed by atoms with E-state index in [9.17, 15) is 14.7 Å². The first-order valence-corrected chi connectivity index (χ1v) is 7.96. The van der Waals surface area contributed by atoms with E-state index in [4.69, 9.17) is 4.74 Å². The van der Waals surface area contributed by atoms with E-state index >= 15 is 0 Å². The van der Waals surface area contributed by atoms with Gasteiger partial charge in [-0.1, -0.05) is 29.5 Å². The predicted molar refractivity (Wildman–Crippen MR) is 93.6 cm³/mol. The summed E-state index contributed by atoms with van der Waals surface area (Å²) in [7, 11) is 0. The molecule has 2 aromatic heterocycles. The molecule has 130 valence electrons. The Balaban J connectivity index is 1.94. The minimum Gasteiger partial charge on any atom is -0.477 e. The molecule has 8 nitrogen and oxygen atoms in total. The molecule has 0 saturated heterocycles. The third kappa shape index (κ3) is 2.48. The largest absolute Gasteiger partial charge is 0.477 e. The van der Waals surface area contributed by atoms with Crippen molar-refractivity contribution in [3.05, 3.63) is 54.0 Å². The first-order valence-electron chi connectivity index (χ1n) is 7.96. The number of carbonyl (C=O) groups is 2. The molecule has 0 unspecified atom stereocenters. The zero-order valence-corrected chi connectivity index (χ0v) is 13.8. The molecule has 0 spiro atoms. The molecule has 4 rings (SSSR count). The van der Waals surface area contributed by atoms with Crippen LogP contribution in [0.1, 0.15) is 27.9 Å². The zero-order valence-electron chi connectivity index (χ0n) is 13.8. The molecule has 0 aliphatic heterocycles. The number of carbonyl (C=O) groups excluding carboxylic acids is 1. The van der Waals surface area contributed by atoms with E-state index in [0.29, 0.717) is 11.2 Å². The predicted octanol–water partition coefficient (Wildman–Crippen LogP) is 2.78. The Bertz CT molecular complexity index is 1160. The van der Waals surface area contributed by atoms with Crippen molar-refractivity contribution in [3.63, 3.8) is 0 Å². The number of aromatic carboxylic acids is 1. The lowest BCUT2D eigenvalue weighted by atomic mass is 10.1. The second-order valence-electron chi connectivity index (χ2n) is 5.66. The van der Waals surface area contributed by atoms with Crippen LogP contribution in [0.15, 0.2) is 42.6 Å². The molecule has 2 aromatic carbocycles. The summed E-state index contributed by atoms with van der Waals surface area (Å²) < 4.78 is 6.42. The van der Waals surface area contributed by atoms with E-state index in [1.807, 2.05) is 30.3 Å². The number of H-pyrrole nitrogens is 1. The van der Waals surface area contributed by atoms with Crippen LogP contribution >= 0.6 is 0 Å². The minimum absolute atomic E-state index is 0.105. The summed E-state index contributed by atoms with van der Waals surface area (Å²) >= 11 is 0. The monoisotopic (exact) mass is 350 g/mol. The van der Waals surface area contributed by atoms with E-state index < -0.39 is 11.9 Å². The summed E-state index contributed by atoms with van der Waals surface area (Å²) in [6.45, 7) is 1.97. The lowest BCUT2D eigenvalue weighted by molar-refractivity contribution is 0.0519. The number of ether oxygens (including phenoxy) is 1. The average Bonchev–Trinajstić information content (AvgIpc) is 3.28. The van der Waals surface area contributed by atoms with Gasteiger partial charge in [-0.25, -0.2) is 14.3 Å². The highest BCUT2D eigenvalue weighted by molar-refractivity contribution is 6.11. The van der Waals surface area contributed by atoms with Crippen molar-refractivity contribution in [1.29, 1.82) is 0 Å². The number of hydrogen-bond donors (Lipinski definition) is 2. The van der Waals surface area contributed by atoms with E-state index in [1.54, 1.807) is 13.0 Å². The molecule has 2 N–H and O–H groups in total. The van der Waals surface area contributed by atoms with Gasteiger partial charge in [0.1, 0.15) is 5.69 Å². The number of nitrogens with one attached hydrogen (secondary N) is 1. The molecular weight excluding hydrogens is 336 g/mol. The van der Waals surface area contributed by atoms with Crippen molar-refractivity contribution in [2.75, 3.05) is 6.61 Å². The minimum atomic E-state index is -1.03. The highest BCUT2D eigenvalue weighted by Crippen LogP contribution is 2.30. The highest BCUT2D eigenvalue weighted by Gasteiger charge is 2.16. The van der Waals surface area contributed by atoms with Gasteiger partial charge in [-0.2, -0.15) is 0 Å². The van der Waals surface area contributed by atoms with Gasteiger partial charge in [0, 0.05) is 10.8 Å². The van der Waals surface area contributed by atoms with Gasteiger partial charge in [-0.3, -0.25) is 0 Å². The average molecular weight is 350 g/mol. The van der Waals surface area contributed by atoms with Crippen LogP contribution in [0, 0.1) is 0 Å². The first-order chi connectivity index (χ1) is 12.6. The third-order valence-electron chi connectivity index (χ3n) is 4.07. The van der Waals surface area contributed by atoms with Crippen LogP contribution in [0.25, 0.3) is 27.4 Å². The summed E-state index contributed by atoms with van der Waals surface area (Å²) in [4.78, 5) is 26.1. The Hall–Kier alpha value is -3.68. The zero-order chi connectivity index (χ0) is 18.3. The standard InChI is InChI=1S/C18H14N4O4/c1-2-26-18(25)13-9-22(21-20-13)14-5-3-4-10-6-7-11-8-12(17(23)24)19-16(11)15(10)14/h3-9,19H,2H2,1H3,(H,23,24). The van der Waals surface area contributed by atoms with Crippen molar-refractivity contribution >= 4 is 33.6 Å². The lowest BCUT2D eigenvalue weighted by Gasteiger charge is -2.07. The Morgan fingerprint density at radius 1 is 1.23 bits per heavy atom. The maximum atomic E-state index is 11.8. The summed E-state index contributed by atoms with van der Waals surface area (Å²) in [6.07, 6.45) is 1.49. The quantitative estimate of drug-likeness (QED) is 0.548. The van der Waals surface area contributed by atoms with Crippen LogP contribution < -0.4 is 0 Å². The molecule has 4 aromatic rings. The van der Waals surface area contributed by atoms with E-state index in [-0.39, 0.29) is 18.0 Å². The summed E-state index contributed by atoms with van der Waals surface area (Å²) in [5.74, 6) is -1.57. The Labute approximate surface area is 147 Å². The number of rotatable bonds is 4. The molecule has 0 radical (unpaired) electrons. The van der Waals surface area contributed by atoms with Crippen LogP contribution in [0.3, 0.4) is 0 Å².